The van der Waals surface area contributed by atoms with Crippen LogP contribution in [0, 0.1) is 0 Å². The average Bonchev–Trinajstić information content (AvgIpc) is 1.85. The molecule has 10 heavy (non-hydrogen) atoms. The molecule has 0 aliphatic carbocycles. The third-order valence-corrected chi connectivity index (χ3v) is 0.421. The van der Waals surface area contributed by atoms with E-state index in [1.807, 2.05) is 13.8 Å². The van der Waals surface area contributed by atoms with Crippen molar-refractivity contribution in [3.05, 3.63) is 12.2 Å². The lowest BCUT2D eigenvalue weighted by Crippen LogP contribution is -2.15. The zero-order chi connectivity index (χ0) is 8.57. The van der Waals surface area contributed by atoms with Crippen molar-refractivity contribution in [1.29, 1.82) is 0 Å². The smallest absolute Gasteiger partial charge is 0.100 e. The van der Waals surface area contributed by atoms with E-state index in [2.05, 4.69) is 6.58 Å². The van der Waals surface area contributed by atoms with Gasteiger partial charge in [0, 0.05) is 0 Å². The van der Waals surface area contributed by atoms with Gasteiger partial charge in [-0.1, -0.05) is 5.57 Å². The Morgan fingerprint density at radius 2 is 1.50 bits per heavy atom. The van der Waals surface area contributed by atoms with Crippen LogP contribution < -0.4 is 0 Å². The van der Waals surface area contributed by atoms with Crippen LogP contribution in [0.3, 0.4) is 0 Å². The van der Waals surface area contributed by atoms with E-state index < -0.39 is 6.10 Å². The zero-order valence-electron chi connectivity index (χ0n) is 6.54. The highest BCUT2D eigenvalue weighted by Gasteiger charge is 1.93. The maximum Gasteiger partial charge on any atom is 0.100 e. The van der Waals surface area contributed by atoms with Crippen molar-refractivity contribution >= 4 is 0 Å². The topological polar surface area (TPSA) is 60.7 Å². The van der Waals surface area contributed by atoms with Gasteiger partial charge < -0.3 is 15.3 Å². The molecule has 3 heteroatoms. The lowest BCUT2D eigenvalue weighted by molar-refractivity contribution is 0.0450. The average molecular weight is 148 g/mol. The van der Waals surface area contributed by atoms with Crippen LogP contribution in [0.2, 0.25) is 0 Å². The summed E-state index contributed by atoms with van der Waals surface area (Å²) in [7, 11) is 0. The van der Waals surface area contributed by atoms with E-state index in [1.54, 1.807) is 0 Å². The van der Waals surface area contributed by atoms with Crippen molar-refractivity contribution in [2.75, 3.05) is 13.2 Å². The van der Waals surface area contributed by atoms with Crippen LogP contribution in [0.1, 0.15) is 13.8 Å². The number of aliphatic hydroxyl groups excluding tert-OH is 3. The molecule has 0 fully saturated rings. The van der Waals surface area contributed by atoms with E-state index >= 15 is 0 Å². The molecule has 3 N–H and O–H groups in total. The van der Waals surface area contributed by atoms with E-state index in [0.29, 0.717) is 0 Å². The molecule has 0 unspecified atom stereocenters. The van der Waals surface area contributed by atoms with Gasteiger partial charge >= 0.3 is 0 Å². The minimum absolute atomic E-state index is 0.365. The molecule has 0 spiro atoms. The van der Waals surface area contributed by atoms with Gasteiger partial charge in [-0.3, -0.25) is 0 Å². The maximum absolute atomic E-state index is 8.17. The van der Waals surface area contributed by atoms with Crippen LogP contribution in [0.5, 0.6) is 0 Å². The second kappa shape index (κ2) is 8.62. The summed E-state index contributed by atoms with van der Waals surface area (Å²) in [5.74, 6) is 0. The van der Waals surface area contributed by atoms with Gasteiger partial charge in [0.05, 0.1) is 13.2 Å². The first-order chi connectivity index (χ1) is 4.54. The van der Waals surface area contributed by atoms with Gasteiger partial charge in [-0.15, -0.1) is 6.58 Å². The van der Waals surface area contributed by atoms with E-state index in [9.17, 15) is 0 Å². The molecule has 0 atom stereocenters. The number of aliphatic hydroxyl groups is 3. The highest BCUT2D eigenvalue weighted by molar-refractivity contribution is 4.78. The van der Waals surface area contributed by atoms with Gasteiger partial charge in [-0.05, 0) is 13.8 Å². The fourth-order valence-corrected chi connectivity index (χ4v) is 0.0577. The fourth-order valence-electron chi connectivity index (χ4n) is 0.0577. The minimum Gasteiger partial charge on any atom is -0.394 e. The number of hydrogen-bond acceptors (Lipinski definition) is 3. The van der Waals surface area contributed by atoms with Gasteiger partial charge in [0.1, 0.15) is 6.10 Å². The van der Waals surface area contributed by atoms with Crippen molar-refractivity contribution in [1.82, 2.24) is 0 Å². The summed E-state index contributed by atoms with van der Waals surface area (Å²) in [6.07, 6.45) is -0.954. The molecular formula is C7H16O3. The van der Waals surface area contributed by atoms with Crippen molar-refractivity contribution < 1.29 is 15.3 Å². The summed E-state index contributed by atoms with van der Waals surface area (Å²) < 4.78 is 0. The Morgan fingerprint density at radius 1 is 1.30 bits per heavy atom. The molecule has 0 rings (SSSR count). The van der Waals surface area contributed by atoms with Gasteiger partial charge in [0.2, 0.25) is 0 Å². The van der Waals surface area contributed by atoms with E-state index in [4.69, 9.17) is 15.3 Å². The molecule has 0 saturated heterocycles. The molecule has 0 aromatic carbocycles. The van der Waals surface area contributed by atoms with Gasteiger partial charge in [-0.2, -0.15) is 0 Å². The number of hydrogen-bond donors (Lipinski definition) is 3. The summed E-state index contributed by atoms with van der Waals surface area (Å²) in [5, 5.41) is 24.0. The predicted octanol–water partition coefficient (Wildman–Crippen LogP) is -0.0857. The number of rotatable bonds is 2. The Labute approximate surface area is 61.6 Å². The summed E-state index contributed by atoms with van der Waals surface area (Å²) >= 11 is 0. The molecule has 0 saturated carbocycles. The first-order valence-corrected chi connectivity index (χ1v) is 3.06. The predicted molar refractivity (Wildman–Crippen MR) is 40.7 cm³/mol. The lowest BCUT2D eigenvalue weighted by atomic mass is 10.4. The van der Waals surface area contributed by atoms with Crippen molar-refractivity contribution in [3.63, 3.8) is 0 Å². The first-order valence-electron chi connectivity index (χ1n) is 3.06. The largest absolute Gasteiger partial charge is 0.394 e. The van der Waals surface area contributed by atoms with Crippen LogP contribution in [0.4, 0.5) is 0 Å². The van der Waals surface area contributed by atoms with Crippen LogP contribution in [0.15, 0.2) is 12.2 Å². The lowest BCUT2D eigenvalue weighted by Gasteiger charge is -1.96. The van der Waals surface area contributed by atoms with Crippen molar-refractivity contribution in [3.8, 4) is 0 Å². The quantitative estimate of drug-likeness (QED) is 0.480. The Morgan fingerprint density at radius 3 is 1.50 bits per heavy atom. The molecule has 0 radical (unpaired) electrons. The molecule has 0 bridgehead atoms. The SMILES string of the molecule is C=C(C)C.OCC(O)CO. The van der Waals surface area contributed by atoms with Gasteiger partial charge in [0.15, 0.2) is 0 Å². The van der Waals surface area contributed by atoms with E-state index in [0.717, 1.165) is 0 Å². The summed E-state index contributed by atoms with van der Waals surface area (Å²) in [5.41, 5.74) is 1.17. The first kappa shape index (κ1) is 12.3. The van der Waals surface area contributed by atoms with E-state index in [-0.39, 0.29) is 13.2 Å². The Hall–Kier alpha value is -0.380. The molecule has 0 heterocycles. The standard InChI is InChI=1S/C4H8.C3H8O3/c1-4(2)3;4-1-3(6)2-5/h1H2,2-3H3;3-6H,1-2H2. The second-order valence-corrected chi connectivity index (χ2v) is 2.23. The molecular weight excluding hydrogens is 132 g/mol. The van der Waals surface area contributed by atoms with Crippen LogP contribution in [-0.2, 0) is 0 Å². The monoisotopic (exact) mass is 148 g/mol. The Balaban J connectivity index is 0. The highest BCUT2D eigenvalue weighted by Crippen LogP contribution is 1.73. The Bertz CT molecular complexity index is 72.9. The van der Waals surface area contributed by atoms with Gasteiger partial charge in [-0.25, -0.2) is 0 Å². The molecule has 0 aliphatic heterocycles. The summed E-state index contributed by atoms with van der Waals surface area (Å²) in [6, 6.07) is 0. The van der Waals surface area contributed by atoms with Crippen LogP contribution >= 0.6 is 0 Å². The molecule has 0 amide bonds. The third kappa shape index (κ3) is 25.5. The zero-order valence-corrected chi connectivity index (χ0v) is 6.54. The maximum atomic E-state index is 8.17. The summed E-state index contributed by atoms with van der Waals surface area (Å²) in [4.78, 5) is 0. The van der Waals surface area contributed by atoms with Crippen molar-refractivity contribution in [2.24, 2.45) is 0 Å². The minimum atomic E-state index is -0.954. The molecule has 0 aliphatic rings. The molecule has 0 aromatic heterocycles. The highest BCUT2D eigenvalue weighted by atomic mass is 16.3. The molecule has 62 valence electrons. The van der Waals surface area contributed by atoms with Crippen LogP contribution in [0.25, 0.3) is 0 Å². The second-order valence-electron chi connectivity index (χ2n) is 2.23. The summed E-state index contributed by atoms with van der Waals surface area (Å²) in [6.45, 7) is 6.77. The van der Waals surface area contributed by atoms with Gasteiger partial charge in [0.25, 0.3) is 0 Å². The normalized spacial score (nSPS) is 8.60. The van der Waals surface area contributed by atoms with E-state index in [1.165, 1.54) is 5.57 Å². The Kier molecular flexibility index (Phi) is 10.6. The molecule has 3 nitrogen and oxygen atoms in total. The van der Waals surface area contributed by atoms with Crippen molar-refractivity contribution in [2.45, 2.75) is 20.0 Å². The van der Waals surface area contributed by atoms with Crippen LogP contribution in [-0.4, -0.2) is 34.6 Å². The fraction of sp³-hybridized carbons (Fsp3) is 0.714. The number of allylic oxidation sites excluding steroid dienone is 1. The third-order valence-electron chi connectivity index (χ3n) is 0.421. The molecule has 0 aromatic rings.